The summed E-state index contributed by atoms with van der Waals surface area (Å²) in [5.74, 6) is -2.21. The number of esters is 1. The van der Waals surface area contributed by atoms with Gasteiger partial charge < -0.3 is 19.9 Å². The molecule has 0 aliphatic rings. The Kier molecular flexibility index (Phi) is 8.34. The standard InChI is InChI=1S/C26H26FN3O4/c1-3-13-30(14-4-2)24(31)17-34-26(33)23(29-25(32)18-9-11-20(27)12-10-18)15-19-16-28-22-8-6-5-7-21(19)22/h3-12,16,23,28H,1-2,13-15,17H2,(H,29,32). The van der Waals surface area contributed by atoms with Gasteiger partial charge in [-0.3, -0.25) is 9.59 Å². The summed E-state index contributed by atoms with van der Waals surface area (Å²) in [6, 6.07) is 11.5. The van der Waals surface area contributed by atoms with Gasteiger partial charge in [-0.15, -0.1) is 13.2 Å². The van der Waals surface area contributed by atoms with Gasteiger partial charge in [-0.05, 0) is 35.9 Å². The summed E-state index contributed by atoms with van der Waals surface area (Å²) in [6.07, 6.45) is 5.01. The van der Waals surface area contributed by atoms with Crippen LogP contribution in [0.3, 0.4) is 0 Å². The van der Waals surface area contributed by atoms with Crippen LogP contribution in [0.5, 0.6) is 0 Å². The van der Waals surface area contributed by atoms with Crippen LogP contribution in [-0.4, -0.2) is 53.4 Å². The van der Waals surface area contributed by atoms with Gasteiger partial charge in [-0.2, -0.15) is 0 Å². The monoisotopic (exact) mass is 463 g/mol. The second-order valence-electron chi connectivity index (χ2n) is 7.58. The number of para-hydroxylation sites is 1. The molecule has 0 bridgehead atoms. The third kappa shape index (κ3) is 6.19. The van der Waals surface area contributed by atoms with Gasteiger partial charge in [0.05, 0.1) is 0 Å². The maximum atomic E-state index is 13.2. The van der Waals surface area contributed by atoms with Crippen LogP contribution in [0, 0.1) is 5.82 Å². The van der Waals surface area contributed by atoms with Gasteiger partial charge in [0.1, 0.15) is 11.9 Å². The summed E-state index contributed by atoms with van der Waals surface area (Å²) in [5, 5.41) is 3.55. The fourth-order valence-corrected chi connectivity index (χ4v) is 3.47. The molecule has 0 fully saturated rings. The molecule has 0 radical (unpaired) electrons. The van der Waals surface area contributed by atoms with Crippen LogP contribution in [0.4, 0.5) is 4.39 Å². The summed E-state index contributed by atoms with van der Waals surface area (Å²) in [6.45, 7) is 7.30. The minimum Gasteiger partial charge on any atom is -0.454 e. The summed E-state index contributed by atoms with van der Waals surface area (Å²) in [7, 11) is 0. The minimum atomic E-state index is -1.07. The summed E-state index contributed by atoms with van der Waals surface area (Å²) in [5.41, 5.74) is 1.87. The van der Waals surface area contributed by atoms with Crippen molar-refractivity contribution in [1.82, 2.24) is 15.2 Å². The Morgan fingerprint density at radius 3 is 2.41 bits per heavy atom. The van der Waals surface area contributed by atoms with E-state index in [1.807, 2.05) is 24.3 Å². The van der Waals surface area contributed by atoms with E-state index in [2.05, 4.69) is 23.5 Å². The molecule has 0 spiro atoms. The van der Waals surface area contributed by atoms with E-state index < -0.39 is 36.2 Å². The Bertz CT molecular complexity index is 1180. The van der Waals surface area contributed by atoms with Crippen molar-refractivity contribution >= 4 is 28.7 Å². The smallest absolute Gasteiger partial charge is 0.329 e. The lowest BCUT2D eigenvalue weighted by molar-refractivity contribution is -0.153. The van der Waals surface area contributed by atoms with Crippen LogP contribution < -0.4 is 5.32 Å². The molecule has 2 amide bonds. The van der Waals surface area contributed by atoms with Gasteiger partial charge >= 0.3 is 5.97 Å². The molecule has 7 nitrogen and oxygen atoms in total. The van der Waals surface area contributed by atoms with Crippen molar-refractivity contribution in [3.8, 4) is 0 Å². The first-order valence-electron chi connectivity index (χ1n) is 10.7. The first-order chi connectivity index (χ1) is 16.4. The molecule has 1 atom stereocenters. The highest BCUT2D eigenvalue weighted by Crippen LogP contribution is 2.19. The van der Waals surface area contributed by atoms with Crippen molar-refractivity contribution in [2.75, 3.05) is 19.7 Å². The Balaban J connectivity index is 1.77. The second kappa shape index (κ2) is 11.6. The van der Waals surface area contributed by atoms with E-state index in [0.29, 0.717) is 0 Å². The lowest BCUT2D eigenvalue weighted by Gasteiger charge is -2.21. The Morgan fingerprint density at radius 1 is 1.06 bits per heavy atom. The van der Waals surface area contributed by atoms with Gasteiger partial charge in [-0.1, -0.05) is 30.4 Å². The topological polar surface area (TPSA) is 91.5 Å². The number of fused-ring (bicyclic) bond motifs is 1. The molecule has 0 aliphatic heterocycles. The molecule has 1 unspecified atom stereocenters. The first-order valence-corrected chi connectivity index (χ1v) is 10.7. The number of ether oxygens (including phenoxy) is 1. The van der Waals surface area contributed by atoms with Gasteiger partial charge in [-0.25, -0.2) is 9.18 Å². The number of benzene rings is 2. The number of halogens is 1. The van der Waals surface area contributed by atoms with Crippen LogP contribution in [0.2, 0.25) is 0 Å². The summed E-state index contributed by atoms with van der Waals surface area (Å²) < 4.78 is 18.5. The van der Waals surface area contributed by atoms with Crippen molar-refractivity contribution in [3.05, 3.63) is 97.0 Å². The number of carbonyl (C=O) groups is 3. The molecular weight excluding hydrogens is 437 g/mol. The molecule has 0 saturated heterocycles. The molecule has 2 N–H and O–H groups in total. The molecule has 1 heterocycles. The number of amides is 2. The van der Waals surface area contributed by atoms with Gasteiger partial charge in [0.25, 0.3) is 11.8 Å². The molecule has 176 valence electrons. The van der Waals surface area contributed by atoms with Crippen LogP contribution in [-0.2, 0) is 20.7 Å². The summed E-state index contributed by atoms with van der Waals surface area (Å²) in [4.78, 5) is 42.7. The van der Waals surface area contributed by atoms with Crippen LogP contribution >= 0.6 is 0 Å². The lowest BCUT2D eigenvalue weighted by atomic mass is 10.0. The predicted octanol–water partition coefficient (Wildman–Crippen LogP) is 3.39. The summed E-state index contributed by atoms with van der Waals surface area (Å²) >= 11 is 0. The molecule has 0 aliphatic carbocycles. The van der Waals surface area contributed by atoms with E-state index >= 15 is 0 Å². The maximum absolute atomic E-state index is 13.2. The second-order valence-corrected chi connectivity index (χ2v) is 7.58. The molecule has 3 aromatic rings. The zero-order chi connectivity index (χ0) is 24.5. The van der Waals surface area contributed by atoms with Crippen molar-refractivity contribution < 1.29 is 23.5 Å². The fourth-order valence-electron chi connectivity index (χ4n) is 3.47. The largest absolute Gasteiger partial charge is 0.454 e. The number of aromatic nitrogens is 1. The first kappa shape index (κ1) is 24.4. The van der Waals surface area contributed by atoms with Gasteiger partial charge in [0.15, 0.2) is 6.61 Å². The van der Waals surface area contributed by atoms with E-state index in [9.17, 15) is 18.8 Å². The highest BCUT2D eigenvalue weighted by molar-refractivity contribution is 5.97. The number of nitrogens with one attached hydrogen (secondary N) is 2. The molecule has 1 aromatic heterocycles. The quantitative estimate of drug-likeness (QED) is 0.337. The predicted molar refractivity (Wildman–Crippen MR) is 128 cm³/mol. The third-order valence-corrected chi connectivity index (χ3v) is 5.18. The van der Waals surface area contributed by atoms with E-state index in [-0.39, 0.29) is 25.1 Å². The Hall–Kier alpha value is -4.20. The van der Waals surface area contributed by atoms with Gasteiger partial charge in [0, 0.05) is 42.2 Å². The number of rotatable bonds is 11. The van der Waals surface area contributed by atoms with Crippen molar-refractivity contribution in [3.63, 3.8) is 0 Å². The lowest BCUT2D eigenvalue weighted by Crippen LogP contribution is -2.44. The Labute approximate surface area is 196 Å². The molecule has 0 saturated carbocycles. The number of hydrogen-bond acceptors (Lipinski definition) is 4. The SMILES string of the molecule is C=CCN(CC=C)C(=O)COC(=O)C(Cc1c[nH]c2ccccc12)NC(=O)c1ccc(F)cc1. The normalized spacial score (nSPS) is 11.4. The van der Waals surface area contributed by atoms with Crippen molar-refractivity contribution in [2.24, 2.45) is 0 Å². The van der Waals surface area contributed by atoms with E-state index in [1.54, 1.807) is 18.3 Å². The molecule has 8 heteroatoms. The van der Waals surface area contributed by atoms with Crippen LogP contribution in [0.1, 0.15) is 15.9 Å². The zero-order valence-electron chi connectivity index (χ0n) is 18.6. The van der Waals surface area contributed by atoms with Crippen molar-refractivity contribution in [1.29, 1.82) is 0 Å². The molecule has 3 rings (SSSR count). The average Bonchev–Trinajstić information content (AvgIpc) is 3.25. The molecule has 34 heavy (non-hydrogen) atoms. The van der Waals surface area contributed by atoms with Crippen molar-refractivity contribution in [2.45, 2.75) is 12.5 Å². The minimum absolute atomic E-state index is 0.132. The number of hydrogen-bond donors (Lipinski definition) is 2. The van der Waals surface area contributed by atoms with Crippen LogP contribution in [0.15, 0.2) is 80.0 Å². The highest BCUT2D eigenvalue weighted by Gasteiger charge is 2.26. The van der Waals surface area contributed by atoms with Crippen LogP contribution in [0.25, 0.3) is 10.9 Å². The number of H-pyrrole nitrogens is 1. The van der Waals surface area contributed by atoms with E-state index in [1.165, 1.54) is 17.0 Å². The fraction of sp³-hybridized carbons (Fsp3) is 0.192. The third-order valence-electron chi connectivity index (χ3n) is 5.18. The van der Waals surface area contributed by atoms with E-state index in [4.69, 9.17) is 4.74 Å². The highest BCUT2D eigenvalue weighted by atomic mass is 19.1. The maximum Gasteiger partial charge on any atom is 0.329 e. The van der Waals surface area contributed by atoms with E-state index in [0.717, 1.165) is 28.6 Å². The number of carbonyl (C=O) groups excluding carboxylic acids is 3. The zero-order valence-corrected chi connectivity index (χ0v) is 18.6. The van der Waals surface area contributed by atoms with Gasteiger partial charge in [0.2, 0.25) is 0 Å². The molecular formula is C26H26FN3O4. The molecule has 2 aromatic carbocycles. The average molecular weight is 464 g/mol. The number of nitrogens with zero attached hydrogens (tertiary/aromatic N) is 1. The number of aromatic amines is 1. The Morgan fingerprint density at radius 2 is 1.74 bits per heavy atom.